The standard InChI is InChI=1S/C22H28BFN4O5/c1-4-18-22(31)33-23(32-18)19(9-13(2)3)27-20(29)12-26-21(30)17-7-8-28(17)16-6-5-14(11-25)10-15(16)24/h5-6,10,13,17-19H,4,7-9,12H2,1-3H3,(H,26,30)(H,27,29). The Hall–Kier alpha value is -3.13. The van der Waals surface area contributed by atoms with E-state index in [0.29, 0.717) is 25.8 Å². The number of carbonyl (C=O) groups excluding carboxylic acids is 3. The molecule has 0 aromatic heterocycles. The molecule has 0 radical (unpaired) electrons. The fourth-order valence-electron chi connectivity index (χ4n) is 3.92. The van der Waals surface area contributed by atoms with Crippen molar-refractivity contribution in [3.05, 3.63) is 29.6 Å². The Labute approximate surface area is 192 Å². The van der Waals surface area contributed by atoms with Crippen LogP contribution < -0.4 is 15.5 Å². The molecular formula is C22H28BFN4O5. The van der Waals surface area contributed by atoms with E-state index in [1.807, 2.05) is 26.8 Å². The van der Waals surface area contributed by atoms with Crippen LogP contribution in [0.15, 0.2) is 18.2 Å². The van der Waals surface area contributed by atoms with Crippen LogP contribution in [-0.2, 0) is 23.7 Å². The van der Waals surface area contributed by atoms with Gasteiger partial charge in [-0.05, 0) is 43.4 Å². The molecule has 2 fully saturated rings. The van der Waals surface area contributed by atoms with Crippen LogP contribution in [0.1, 0.15) is 45.6 Å². The van der Waals surface area contributed by atoms with E-state index in [0.717, 1.165) is 6.07 Å². The molecule has 2 heterocycles. The highest BCUT2D eigenvalue weighted by molar-refractivity contribution is 6.51. The summed E-state index contributed by atoms with van der Waals surface area (Å²) in [5.41, 5.74) is 0.445. The van der Waals surface area contributed by atoms with Crippen LogP contribution in [0.5, 0.6) is 0 Å². The Kier molecular flexibility index (Phi) is 7.92. The third-order valence-corrected chi connectivity index (χ3v) is 5.70. The van der Waals surface area contributed by atoms with E-state index in [9.17, 15) is 18.8 Å². The van der Waals surface area contributed by atoms with Crippen LogP contribution in [0.4, 0.5) is 10.1 Å². The van der Waals surface area contributed by atoms with E-state index in [1.165, 1.54) is 12.1 Å². The van der Waals surface area contributed by atoms with Crippen molar-refractivity contribution < 1.29 is 28.1 Å². The summed E-state index contributed by atoms with van der Waals surface area (Å²) >= 11 is 0. The molecule has 0 aliphatic carbocycles. The zero-order valence-corrected chi connectivity index (χ0v) is 19.0. The number of halogens is 1. The van der Waals surface area contributed by atoms with Gasteiger partial charge in [0, 0.05) is 6.54 Å². The summed E-state index contributed by atoms with van der Waals surface area (Å²) in [6.07, 6.45) is 0.884. The number of hydrogen-bond donors (Lipinski definition) is 2. The van der Waals surface area contributed by atoms with Gasteiger partial charge in [-0.15, -0.1) is 0 Å². The number of anilines is 1. The maximum Gasteiger partial charge on any atom is 0.552 e. The molecule has 0 bridgehead atoms. The van der Waals surface area contributed by atoms with Gasteiger partial charge in [-0.2, -0.15) is 5.26 Å². The lowest BCUT2D eigenvalue weighted by atomic mass is 9.74. The van der Waals surface area contributed by atoms with Gasteiger partial charge in [0.05, 0.1) is 29.8 Å². The number of nitriles is 1. The van der Waals surface area contributed by atoms with Crippen LogP contribution in [0.25, 0.3) is 0 Å². The molecule has 0 spiro atoms. The molecule has 1 aromatic rings. The zero-order chi connectivity index (χ0) is 24.1. The molecule has 9 nitrogen and oxygen atoms in total. The number of nitrogens with one attached hydrogen (secondary N) is 2. The average molecular weight is 458 g/mol. The predicted octanol–water partition coefficient (Wildman–Crippen LogP) is 1.30. The third kappa shape index (κ3) is 5.82. The van der Waals surface area contributed by atoms with Gasteiger partial charge in [-0.1, -0.05) is 20.8 Å². The van der Waals surface area contributed by atoms with Crippen molar-refractivity contribution in [2.75, 3.05) is 18.0 Å². The summed E-state index contributed by atoms with van der Waals surface area (Å²) in [5.74, 6) is -2.18. The molecule has 1 aromatic carbocycles. The minimum atomic E-state index is -0.869. The van der Waals surface area contributed by atoms with Crippen LogP contribution >= 0.6 is 0 Å². The largest absolute Gasteiger partial charge is 0.552 e. The molecule has 2 amide bonds. The highest BCUT2D eigenvalue weighted by Gasteiger charge is 2.45. The van der Waals surface area contributed by atoms with Crippen molar-refractivity contribution in [3.8, 4) is 6.07 Å². The average Bonchev–Trinajstić information content (AvgIpc) is 3.12. The lowest BCUT2D eigenvalue weighted by Gasteiger charge is -2.41. The monoisotopic (exact) mass is 458 g/mol. The van der Waals surface area contributed by atoms with E-state index in [2.05, 4.69) is 10.6 Å². The van der Waals surface area contributed by atoms with Crippen LogP contribution in [0.3, 0.4) is 0 Å². The maximum absolute atomic E-state index is 14.3. The maximum atomic E-state index is 14.3. The first-order valence-electron chi connectivity index (χ1n) is 11.1. The number of amides is 2. The van der Waals surface area contributed by atoms with Crippen LogP contribution in [0, 0.1) is 23.1 Å². The molecule has 33 heavy (non-hydrogen) atoms. The van der Waals surface area contributed by atoms with Crippen molar-refractivity contribution in [2.24, 2.45) is 5.92 Å². The summed E-state index contributed by atoms with van der Waals surface area (Å²) < 4.78 is 25.2. The smallest absolute Gasteiger partial charge is 0.506 e. The molecule has 11 heteroatoms. The summed E-state index contributed by atoms with van der Waals surface area (Å²) in [7, 11) is -0.869. The zero-order valence-electron chi connectivity index (χ0n) is 19.0. The Morgan fingerprint density at radius 1 is 1.39 bits per heavy atom. The normalized spacial score (nSPS) is 20.7. The molecule has 2 saturated heterocycles. The van der Waals surface area contributed by atoms with Crippen molar-refractivity contribution in [1.82, 2.24) is 10.6 Å². The second-order valence-electron chi connectivity index (χ2n) is 8.64. The van der Waals surface area contributed by atoms with E-state index in [-0.39, 0.29) is 23.7 Å². The van der Waals surface area contributed by atoms with E-state index < -0.39 is 48.8 Å². The van der Waals surface area contributed by atoms with Gasteiger partial charge in [0.15, 0.2) is 0 Å². The molecule has 2 aliphatic heterocycles. The number of hydrogen-bond acceptors (Lipinski definition) is 7. The summed E-state index contributed by atoms with van der Waals surface area (Å²) in [6.45, 7) is 5.98. The third-order valence-electron chi connectivity index (χ3n) is 5.70. The minimum absolute atomic E-state index is 0.201. The van der Waals surface area contributed by atoms with E-state index in [4.69, 9.17) is 14.6 Å². The molecule has 0 saturated carbocycles. The van der Waals surface area contributed by atoms with Crippen molar-refractivity contribution >= 4 is 30.6 Å². The molecule has 2 aliphatic rings. The quantitative estimate of drug-likeness (QED) is 0.536. The summed E-state index contributed by atoms with van der Waals surface area (Å²) in [6, 6.07) is 5.37. The Morgan fingerprint density at radius 3 is 2.70 bits per heavy atom. The van der Waals surface area contributed by atoms with Crippen LogP contribution in [0.2, 0.25) is 0 Å². The molecule has 3 rings (SSSR count). The number of benzene rings is 1. The highest BCUT2D eigenvalue weighted by Crippen LogP contribution is 2.29. The summed E-state index contributed by atoms with van der Waals surface area (Å²) in [5, 5.41) is 14.3. The molecule has 2 N–H and O–H groups in total. The SMILES string of the molecule is CCC1OB(C(CC(C)C)NC(=O)CNC(=O)C2CCN2c2ccc(C#N)cc2F)OC1=O. The number of carbonyl (C=O) groups is 3. The van der Waals surface area contributed by atoms with Gasteiger partial charge in [0.2, 0.25) is 11.8 Å². The van der Waals surface area contributed by atoms with E-state index >= 15 is 0 Å². The van der Waals surface area contributed by atoms with Crippen molar-refractivity contribution in [2.45, 2.75) is 58.1 Å². The Bertz CT molecular complexity index is 953. The van der Waals surface area contributed by atoms with Gasteiger partial charge >= 0.3 is 13.1 Å². The minimum Gasteiger partial charge on any atom is -0.506 e. The first-order valence-corrected chi connectivity index (χ1v) is 11.1. The molecule has 3 unspecified atom stereocenters. The molecule has 3 atom stereocenters. The topological polar surface area (TPSA) is 121 Å². The predicted molar refractivity (Wildman–Crippen MR) is 118 cm³/mol. The number of nitrogens with zero attached hydrogens (tertiary/aromatic N) is 2. The first-order chi connectivity index (χ1) is 15.7. The van der Waals surface area contributed by atoms with E-state index in [1.54, 1.807) is 4.90 Å². The molecule has 176 valence electrons. The Balaban J connectivity index is 1.54. The fraction of sp³-hybridized carbons (Fsp3) is 0.545. The second kappa shape index (κ2) is 10.7. The van der Waals surface area contributed by atoms with Gasteiger partial charge in [0.1, 0.15) is 18.0 Å². The van der Waals surface area contributed by atoms with Gasteiger partial charge in [-0.25, -0.2) is 4.39 Å². The second-order valence-corrected chi connectivity index (χ2v) is 8.64. The van der Waals surface area contributed by atoms with Gasteiger partial charge in [0.25, 0.3) is 0 Å². The van der Waals surface area contributed by atoms with Gasteiger partial charge < -0.3 is 24.8 Å². The number of rotatable bonds is 9. The Morgan fingerprint density at radius 2 is 2.15 bits per heavy atom. The van der Waals surface area contributed by atoms with Crippen molar-refractivity contribution in [1.29, 1.82) is 5.26 Å². The highest BCUT2D eigenvalue weighted by atomic mass is 19.1. The van der Waals surface area contributed by atoms with Gasteiger partial charge in [-0.3, -0.25) is 14.4 Å². The van der Waals surface area contributed by atoms with Crippen molar-refractivity contribution in [3.63, 3.8) is 0 Å². The lowest BCUT2D eigenvalue weighted by molar-refractivity contribution is -0.136. The summed E-state index contributed by atoms with van der Waals surface area (Å²) in [4.78, 5) is 38.6. The van der Waals surface area contributed by atoms with Crippen LogP contribution in [-0.4, -0.2) is 56.1 Å². The fourth-order valence-corrected chi connectivity index (χ4v) is 3.92. The molecular weight excluding hydrogens is 430 g/mol. The first kappa shape index (κ1) is 24.5. The lowest BCUT2D eigenvalue weighted by Crippen LogP contribution is -2.58.